The molecule has 2 N–H and O–H groups in total. The van der Waals surface area contributed by atoms with Crippen molar-refractivity contribution in [3.05, 3.63) is 35.9 Å². The fourth-order valence-electron chi connectivity index (χ4n) is 1.74. The first-order valence-corrected chi connectivity index (χ1v) is 6.55. The number of carbonyl (C=O) groups is 1. The highest BCUT2D eigenvalue weighted by atomic mass is 16.5. The highest BCUT2D eigenvalue weighted by molar-refractivity contribution is 5.79. The van der Waals surface area contributed by atoms with E-state index in [1.165, 1.54) is 12.7 Å². The van der Waals surface area contributed by atoms with Crippen molar-refractivity contribution in [2.24, 2.45) is 5.73 Å². The third-order valence-electron chi connectivity index (χ3n) is 3.01. The van der Waals surface area contributed by atoms with Crippen LogP contribution in [0.2, 0.25) is 0 Å². The molecule has 1 atom stereocenters. The summed E-state index contributed by atoms with van der Waals surface area (Å²) < 4.78 is 10.1. The molecule has 1 aromatic carbocycles. The molecule has 0 amide bonds. The number of esters is 1. The van der Waals surface area contributed by atoms with Crippen LogP contribution in [0.3, 0.4) is 0 Å². The first kappa shape index (κ1) is 15.7. The summed E-state index contributed by atoms with van der Waals surface area (Å²) >= 11 is 0. The topological polar surface area (TPSA) is 61.5 Å². The number of rotatable bonds is 8. The Morgan fingerprint density at radius 2 is 1.95 bits per heavy atom. The summed E-state index contributed by atoms with van der Waals surface area (Å²) in [4.78, 5) is 11.3. The summed E-state index contributed by atoms with van der Waals surface area (Å²) in [5.74, 6) is -0.402. The second-order valence-corrected chi connectivity index (χ2v) is 4.86. The van der Waals surface area contributed by atoms with Gasteiger partial charge in [-0.25, -0.2) is 0 Å². The van der Waals surface area contributed by atoms with E-state index in [-0.39, 0.29) is 0 Å². The molecular weight excluding hydrogens is 242 g/mol. The Labute approximate surface area is 114 Å². The number of hydrogen-bond acceptors (Lipinski definition) is 4. The standard InChI is InChI=1S/C15H23NO3/c1-15(16,14(17)18-2)10-12-19-11-6-9-13-7-4-3-5-8-13/h3-5,7-8H,6,9-12,16H2,1-2H3. The van der Waals surface area contributed by atoms with Crippen molar-refractivity contribution in [3.63, 3.8) is 0 Å². The number of methoxy groups -OCH3 is 1. The molecule has 0 heterocycles. The van der Waals surface area contributed by atoms with Crippen molar-refractivity contribution < 1.29 is 14.3 Å². The molecule has 0 bridgehead atoms. The number of aryl methyl sites for hydroxylation is 1. The maximum absolute atomic E-state index is 11.3. The summed E-state index contributed by atoms with van der Waals surface area (Å²) in [5.41, 5.74) is 6.17. The van der Waals surface area contributed by atoms with Crippen molar-refractivity contribution >= 4 is 5.97 Å². The SMILES string of the molecule is COC(=O)C(C)(N)CCOCCCc1ccccc1. The normalized spacial score (nSPS) is 13.8. The van der Waals surface area contributed by atoms with Crippen LogP contribution in [0.5, 0.6) is 0 Å². The van der Waals surface area contributed by atoms with Crippen LogP contribution in [0.25, 0.3) is 0 Å². The number of ether oxygens (including phenoxy) is 2. The Kier molecular flexibility index (Phi) is 6.53. The van der Waals surface area contributed by atoms with Gasteiger partial charge in [-0.15, -0.1) is 0 Å². The molecule has 0 aliphatic rings. The quantitative estimate of drug-likeness (QED) is 0.576. The molecule has 0 radical (unpaired) electrons. The maximum Gasteiger partial charge on any atom is 0.325 e. The molecule has 1 unspecified atom stereocenters. The van der Waals surface area contributed by atoms with Crippen molar-refractivity contribution in [1.82, 2.24) is 0 Å². The van der Waals surface area contributed by atoms with E-state index in [4.69, 9.17) is 10.5 Å². The second-order valence-electron chi connectivity index (χ2n) is 4.86. The minimum atomic E-state index is -0.964. The Hall–Kier alpha value is -1.39. The van der Waals surface area contributed by atoms with Gasteiger partial charge in [-0.05, 0) is 31.7 Å². The van der Waals surface area contributed by atoms with Crippen molar-refractivity contribution in [2.45, 2.75) is 31.7 Å². The average molecular weight is 265 g/mol. The Balaban J connectivity index is 2.10. The van der Waals surface area contributed by atoms with Gasteiger partial charge in [0, 0.05) is 13.2 Å². The molecule has 0 aliphatic heterocycles. The number of carbonyl (C=O) groups excluding carboxylic acids is 1. The molecule has 4 heteroatoms. The van der Waals surface area contributed by atoms with Gasteiger partial charge in [-0.3, -0.25) is 4.79 Å². The van der Waals surface area contributed by atoms with Gasteiger partial charge in [-0.1, -0.05) is 30.3 Å². The van der Waals surface area contributed by atoms with Gasteiger partial charge in [0.05, 0.1) is 7.11 Å². The van der Waals surface area contributed by atoms with Gasteiger partial charge >= 0.3 is 5.97 Å². The summed E-state index contributed by atoms with van der Waals surface area (Å²) in [7, 11) is 1.34. The zero-order valence-corrected chi connectivity index (χ0v) is 11.7. The molecule has 0 spiro atoms. The van der Waals surface area contributed by atoms with Crippen LogP contribution in [0, 0.1) is 0 Å². The lowest BCUT2D eigenvalue weighted by Crippen LogP contribution is -2.46. The fourth-order valence-corrected chi connectivity index (χ4v) is 1.74. The van der Waals surface area contributed by atoms with E-state index < -0.39 is 11.5 Å². The summed E-state index contributed by atoms with van der Waals surface area (Å²) in [6.07, 6.45) is 2.42. The van der Waals surface area contributed by atoms with E-state index in [1.807, 2.05) is 18.2 Å². The van der Waals surface area contributed by atoms with E-state index in [0.717, 1.165) is 12.8 Å². The van der Waals surface area contributed by atoms with Gasteiger partial charge in [0.25, 0.3) is 0 Å². The smallest absolute Gasteiger partial charge is 0.325 e. The lowest BCUT2D eigenvalue weighted by Gasteiger charge is -2.20. The Morgan fingerprint density at radius 1 is 1.26 bits per heavy atom. The minimum Gasteiger partial charge on any atom is -0.468 e. The average Bonchev–Trinajstić information content (AvgIpc) is 2.42. The Morgan fingerprint density at radius 3 is 2.58 bits per heavy atom. The third-order valence-corrected chi connectivity index (χ3v) is 3.01. The van der Waals surface area contributed by atoms with E-state index in [9.17, 15) is 4.79 Å². The van der Waals surface area contributed by atoms with Crippen LogP contribution in [0.4, 0.5) is 0 Å². The molecule has 4 nitrogen and oxygen atoms in total. The number of benzene rings is 1. The van der Waals surface area contributed by atoms with E-state index in [1.54, 1.807) is 6.92 Å². The predicted molar refractivity (Wildman–Crippen MR) is 74.8 cm³/mol. The van der Waals surface area contributed by atoms with E-state index >= 15 is 0 Å². The van der Waals surface area contributed by atoms with Crippen LogP contribution >= 0.6 is 0 Å². The molecule has 0 aliphatic carbocycles. The highest BCUT2D eigenvalue weighted by Crippen LogP contribution is 2.08. The van der Waals surface area contributed by atoms with Crippen LogP contribution in [0.1, 0.15) is 25.3 Å². The van der Waals surface area contributed by atoms with Gasteiger partial charge in [0.15, 0.2) is 0 Å². The maximum atomic E-state index is 11.3. The minimum absolute atomic E-state index is 0.402. The van der Waals surface area contributed by atoms with Crippen molar-refractivity contribution in [2.75, 3.05) is 20.3 Å². The molecule has 0 saturated heterocycles. The zero-order chi connectivity index (χ0) is 14.1. The molecule has 0 saturated carbocycles. The summed E-state index contributed by atoms with van der Waals surface area (Å²) in [5, 5.41) is 0. The molecule has 0 fully saturated rings. The molecule has 1 rings (SSSR count). The second kappa shape index (κ2) is 7.92. The van der Waals surface area contributed by atoms with E-state index in [2.05, 4.69) is 16.9 Å². The molecule has 106 valence electrons. The monoisotopic (exact) mass is 265 g/mol. The van der Waals surface area contributed by atoms with Gasteiger partial charge in [0.1, 0.15) is 5.54 Å². The fraction of sp³-hybridized carbons (Fsp3) is 0.533. The molecule has 19 heavy (non-hydrogen) atoms. The van der Waals surface area contributed by atoms with Gasteiger partial charge < -0.3 is 15.2 Å². The number of nitrogens with two attached hydrogens (primary N) is 1. The molecule has 1 aromatic rings. The Bertz CT molecular complexity index is 376. The van der Waals surface area contributed by atoms with Gasteiger partial charge in [0.2, 0.25) is 0 Å². The predicted octanol–water partition coefficient (Wildman–Crippen LogP) is 1.92. The summed E-state index contributed by atoms with van der Waals surface area (Å²) in [6, 6.07) is 10.3. The highest BCUT2D eigenvalue weighted by Gasteiger charge is 2.28. The van der Waals surface area contributed by atoms with Crippen LogP contribution in [-0.4, -0.2) is 31.8 Å². The van der Waals surface area contributed by atoms with Crippen molar-refractivity contribution in [1.29, 1.82) is 0 Å². The lowest BCUT2D eigenvalue weighted by atomic mass is 10.0. The molecular formula is C15H23NO3. The van der Waals surface area contributed by atoms with Crippen LogP contribution in [-0.2, 0) is 20.7 Å². The van der Waals surface area contributed by atoms with Gasteiger partial charge in [-0.2, -0.15) is 0 Å². The summed E-state index contributed by atoms with van der Waals surface area (Å²) in [6.45, 7) is 2.80. The zero-order valence-electron chi connectivity index (χ0n) is 11.7. The lowest BCUT2D eigenvalue weighted by molar-refractivity contribution is -0.147. The molecule has 0 aromatic heterocycles. The van der Waals surface area contributed by atoms with Crippen molar-refractivity contribution in [3.8, 4) is 0 Å². The first-order valence-electron chi connectivity index (χ1n) is 6.55. The van der Waals surface area contributed by atoms with Crippen LogP contribution in [0.15, 0.2) is 30.3 Å². The largest absolute Gasteiger partial charge is 0.468 e. The van der Waals surface area contributed by atoms with E-state index in [0.29, 0.717) is 19.6 Å². The van der Waals surface area contributed by atoms with Crippen LogP contribution < -0.4 is 5.73 Å². The first-order chi connectivity index (χ1) is 9.06. The number of hydrogen-bond donors (Lipinski definition) is 1. The third kappa shape index (κ3) is 5.85.